The van der Waals surface area contributed by atoms with Gasteiger partial charge in [0, 0.05) is 6.54 Å². The van der Waals surface area contributed by atoms with Gasteiger partial charge in [-0.2, -0.15) is 0 Å². The molecule has 0 amide bonds. The van der Waals surface area contributed by atoms with E-state index in [0.29, 0.717) is 6.10 Å². The summed E-state index contributed by atoms with van der Waals surface area (Å²) < 4.78 is 5.89. The fraction of sp³-hybridized carbons (Fsp3) is 0.333. The zero-order valence-electron chi connectivity index (χ0n) is 12.1. The molecule has 20 heavy (non-hydrogen) atoms. The molecule has 0 heterocycles. The van der Waals surface area contributed by atoms with Crippen molar-refractivity contribution < 1.29 is 4.74 Å². The first kappa shape index (κ1) is 13.2. The quantitative estimate of drug-likeness (QED) is 0.886. The van der Waals surface area contributed by atoms with E-state index in [9.17, 15) is 0 Å². The van der Waals surface area contributed by atoms with E-state index in [1.54, 1.807) is 0 Å². The Labute approximate surface area is 120 Å². The van der Waals surface area contributed by atoms with Crippen molar-refractivity contribution in [3.63, 3.8) is 0 Å². The summed E-state index contributed by atoms with van der Waals surface area (Å²) in [5.74, 6) is 0.989. The normalized spacial score (nSPS) is 14.3. The topological polar surface area (TPSA) is 21.3 Å². The highest BCUT2D eigenvalue weighted by Gasteiger charge is 2.23. The van der Waals surface area contributed by atoms with Gasteiger partial charge in [0.05, 0.1) is 6.10 Å². The van der Waals surface area contributed by atoms with Gasteiger partial charge in [-0.05, 0) is 67.3 Å². The monoisotopic (exact) mass is 267 g/mol. The molecule has 0 aromatic heterocycles. The van der Waals surface area contributed by atoms with Crippen molar-refractivity contribution in [2.45, 2.75) is 32.4 Å². The molecule has 0 spiro atoms. The maximum atomic E-state index is 5.89. The Balaban J connectivity index is 1.92. The summed E-state index contributed by atoms with van der Waals surface area (Å²) in [6.07, 6.45) is 2.84. The average molecular weight is 267 g/mol. The lowest BCUT2D eigenvalue weighted by Crippen LogP contribution is -2.05. The van der Waals surface area contributed by atoms with E-state index in [1.807, 2.05) is 7.05 Å². The van der Waals surface area contributed by atoms with Crippen LogP contribution in [0.25, 0.3) is 11.1 Å². The summed E-state index contributed by atoms with van der Waals surface area (Å²) in [4.78, 5) is 0. The molecule has 0 bridgehead atoms. The number of benzene rings is 2. The molecule has 2 aromatic carbocycles. The van der Waals surface area contributed by atoms with Crippen molar-refractivity contribution in [1.82, 2.24) is 5.32 Å². The lowest BCUT2D eigenvalue weighted by Gasteiger charge is -2.11. The molecule has 3 rings (SSSR count). The Bertz CT molecular complexity index is 602. The van der Waals surface area contributed by atoms with Gasteiger partial charge in [0.15, 0.2) is 0 Å². The number of hydrogen-bond donors (Lipinski definition) is 1. The summed E-state index contributed by atoms with van der Waals surface area (Å²) in [5, 5.41) is 3.20. The number of nitrogens with one attached hydrogen (secondary N) is 1. The summed E-state index contributed by atoms with van der Waals surface area (Å²) >= 11 is 0. The molecule has 1 saturated carbocycles. The molecule has 0 saturated heterocycles. The predicted octanol–water partition coefficient (Wildman–Crippen LogP) is 3.92. The zero-order valence-corrected chi connectivity index (χ0v) is 12.1. The summed E-state index contributed by atoms with van der Waals surface area (Å²) in [5.41, 5.74) is 5.13. The Kier molecular flexibility index (Phi) is 3.75. The van der Waals surface area contributed by atoms with Crippen LogP contribution in [0, 0.1) is 6.92 Å². The first-order chi connectivity index (χ1) is 9.76. The number of aryl methyl sites for hydroxylation is 1. The predicted molar refractivity (Wildman–Crippen MR) is 83.0 cm³/mol. The molecule has 1 fully saturated rings. The molecule has 0 radical (unpaired) electrons. The van der Waals surface area contributed by atoms with Crippen molar-refractivity contribution >= 4 is 0 Å². The Hall–Kier alpha value is -1.80. The summed E-state index contributed by atoms with van der Waals surface area (Å²) in [6.45, 7) is 3.05. The van der Waals surface area contributed by atoms with Gasteiger partial charge in [-0.25, -0.2) is 0 Å². The van der Waals surface area contributed by atoms with Gasteiger partial charge in [-0.3, -0.25) is 0 Å². The fourth-order valence-corrected chi connectivity index (χ4v) is 2.41. The van der Waals surface area contributed by atoms with E-state index >= 15 is 0 Å². The smallest absolute Gasteiger partial charge is 0.120 e. The minimum atomic E-state index is 0.446. The fourth-order valence-electron chi connectivity index (χ4n) is 2.41. The second kappa shape index (κ2) is 5.68. The standard InChI is InChI=1S/C18H21NO/c1-13-6-7-14(12-19-2)10-18(13)15-4-3-5-17(11-15)20-16-8-9-16/h3-7,10-11,16,19H,8-9,12H2,1-2H3. The first-order valence-corrected chi connectivity index (χ1v) is 7.27. The molecule has 1 aliphatic rings. The molecule has 2 aromatic rings. The molecule has 104 valence electrons. The SMILES string of the molecule is CNCc1ccc(C)c(-c2cccc(OC3CC3)c2)c1. The van der Waals surface area contributed by atoms with E-state index in [-0.39, 0.29) is 0 Å². The van der Waals surface area contributed by atoms with Gasteiger partial charge < -0.3 is 10.1 Å². The molecule has 2 heteroatoms. The molecule has 0 aliphatic heterocycles. The second-order valence-electron chi connectivity index (χ2n) is 5.52. The highest BCUT2D eigenvalue weighted by atomic mass is 16.5. The third kappa shape index (κ3) is 3.02. The van der Waals surface area contributed by atoms with Crippen molar-refractivity contribution in [2.24, 2.45) is 0 Å². The van der Waals surface area contributed by atoms with E-state index in [2.05, 4.69) is 54.7 Å². The average Bonchev–Trinajstić information content (AvgIpc) is 3.25. The Morgan fingerprint density at radius 2 is 2.00 bits per heavy atom. The number of rotatable bonds is 5. The first-order valence-electron chi connectivity index (χ1n) is 7.27. The third-order valence-corrected chi connectivity index (χ3v) is 3.66. The number of ether oxygens (including phenoxy) is 1. The maximum absolute atomic E-state index is 5.89. The van der Waals surface area contributed by atoms with Crippen molar-refractivity contribution in [3.8, 4) is 16.9 Å². The minimum Gasteiger partial charge on any atom is -0.490 e. The molecular formula is C18H21NO. The Morgan fingerprint density at radius 1 is 1.15 bits per heavy atom. The van der Waals surface area contributed by atoms with Crippen LogP contribution in [-0.2, 0) is 6.54 Å². The van der Waals surface area contributed by atoms with Gasteiger partial charge in [-0.15, -0.1) is 0 Å². The molecule has 2 nitrogen and oxygen atoms in total. The number of hydrogen-bond acceptors (Lipinski definition) is 2. The highest BCUT2D eigenvalue weighted by molar-refractivity contribution is 5.69. The molecule has 0 unspecified atom stereocenters. The van der Waals surface area contributed by atoms with E-state index in [0.717, 1.165) is 12.3 Å². The molecular weight excluding hydrogens is 246 g/mol. The van der Waals surface area contributed by atoms with Gasteiger partial charge in [0.1, 0.15) is 5.75 Å². The van der Waals surface area contributed by atoms with Gasteiger partial charge in [0.25, 0.3) is 0 Å². The van der Waals surface area contributed by atoms with Gasteiger partial charge in [0.2, 0.25) is 0 Å². The lowest BCUT2D eigenvalue weighted by molar-refractivity contribution is 0.303. The van der Waals surface area contributed by atoms with Crippen molar-refractivity contribution in [1.29, 1.82) is 0 Å². The van der Waals surface area contributed by atoms with Crippen LogP contribution in [0.15, 0.2) is 42.5 Å². The van der Waals surface area contributed by atoms with Crippen LogP contribution in [0.1, 0.15) is 24.0 Å². The van der Waals surface area contributed by atoms with Crippen LogP contribution in [0.4, 0.5) is 0 Å². The van der Waals surface area contributed by atoms with Crippen LogP contribution in [0.2, 0.25) is 0 Å². The van der Waals surface area contributed by atoms with Crippen LogP contribution in [0.3, 0.4) is 0 Å². The van der Waals surface area contributed by atoms with E-state index in [4.69, 9.17) is 4.74 Å². The van der Waals surface area contributed by atoms with Crippen LogP contribution >= 0.6 is 0 Å². The lowest BCUT2D eigenvalue weighted by atomic mass is 9.98. The van der Waals surface area contributed by atoms with E-state index < -0.39 is 0 Å². The molecule has 0 atom stereocenters. The second-order valence-corrected chi connectivity index (χ2v) is 5.52. The highest BCUT2D eigenvalue weighted by Crippen LogP contribution is 2.31. The van der Waals surface area contributed by atoms with Crippen molar-refractivity contribution in [2.75, 3.05) is 7.05 Å². The Morgan fingerprint density at radius 3 is 2.75 bits per heavy atom. The van der Waals surface area contributed by atoms with Crippen LogP contribution in [-0.4, -0.2) is 13.2 Å². The largest absolute Gasteiger partial charge is 0.490 e. The van der Waals surface area contributed by atoms with Gasteiger partial charge in [-0.1, -0.05) is 24.3 Å². The van der Waals surface area contributed by atoms with Crippen LogP contribution in [0.5, 0.6) is 5.75 Å². The third-order valence-electron chi connectivity index (χ3n) is 3.66. The van der Waals surface area contributed by atoms with E-state index in [1.165, 1.54) is 35.1 Å². The summed E-state index contributed by atoms with van der Waals surface area (Å²) in [6, 6.07) is 15.1. The van der Waals surface area contributed by atoms with Gasteiger partial charge >= 0.3 is 0 Å². The molecule has 1 aliphatic carbocycles. The summed E-state index contributed by atoms with van der Waals surface area (Å²) in [7, 11) is 1.98. The zero-order chi connectivity index (χ0) is 13.9. The maximum Gasteiger partial charge on any atom is 0.120 e. The van der Waals surface area contributed by atoms with Crippen molar-refractivity contribution in [3.05, 3.63) is 53.6 Å². The minimum absolute atomic E-state index is 0.446. The van der Waals surface area contributed by atoms with Crippen LogP contribution < -0.4 is 10.1 Å². The molecule has 1 N–H and O–H groups in total.